The monoisotopic (exact) mass is 302 g/mol. The van der Waals surface area contributed by atoms with Crippen molar-refractivity contribution in [2.75, 3.05) is 0 Å². The summed E-state index contributed by atoms with van der Waals surface area (Å²) in [7, 11) is 0.907. The Morgan fingerprint density at radius 3 is 1.25 bits per heavy atom. The van der Waals surface area contributed by atoms with Crippen LogP contribution in [0.4, 0.5) is 0 Å². The molecule has 0 rings (SSSR count). The molecule has 0 aromatic heterocycles. The largest absolute Gasteiger partial charge is 0.315 e. The van der Waals surface area contributed by atoms with Crippen molar-refractivity contribution in [2.24, 2.45) is 0 Å². The molecule has 0 aliphatic heterocycles. The second kappa shape index (κ2) is 6.44. The van der Waals surface area contributed by atoms with E-state index in [-0.39, 0.29) is 28.4 Å². The van der Waals surface area contributed by atoms with Crippen LogP contribution in [0.2, 0.25) is 0 Å². The zero-order valence-electron chi connectivity index (χ0n) is 15.6. The van der Waals surface area contributed by atoms with Crippen molar-refractivity contribution in [3.8, 4) is 0 Å². The first-order valence-corrected chi connectivity index (χ1v) is 8.65. The van der Waals surface area contributed by atoms with Gasteiger partial charge in [0.25, 0.3) is 0 Å². The Morgan fingerprint density at radius 1 is 0.700 bits per heavy atom. The summed E-state index contributed by atoms with van der Waals surface area (Å²) in [5.41, 5.74) is 0.106. The second-order valence-corrected chi connectivity index (χ2v) is 9.42. The molecule has 20 heavy (non-hydrogen) atoms. The molecule has 0 bridgehead atoms. The van der Waals surface area contributed by atoms with Crippen LogP contribution in [0.15, 0.2) is 0 Å². The minimum absolute atomic E-state index is 0.0173. The average Bonchev–Trinajstić information content (AvgIpc) is 2.08. The zero-order valence-corrected chi connectivity index (χ0v) is 17.6. The van der Waals surface area contributed by atoms with Crippen LogP contribution in [0, 0.1) is 0 Å². The normalized spacial score (nSPS) is 16.5. The average molecular weight is 303 g/mol. The van der Waals surface area contributed by atoms with Crippen molar-refractivity contribution >= 4 is 10.4 Å². The maximum absolute atomic E-state index is 3.75. The minimum Gasteiger partial charge on any atom is -0.315 e. The molecule has 0 saturated heterocycles. The number of hydrogen-bond acceptors (Lipinski definition) is 4. The highest BCUT2D eigenvalue weighted by Crippen LogP contribution is 2.17. The topological polar surface area (TPSA) is 48.1 Å². The van der Waals surface area contributed by atoms with Crippen LogP contribution >= 0.6 is 0 Å². The van der Waals surface area contributed by atoms with Crippen molar-refractivity contribution in [3.05, 3.63) is 0 Å². The molecule has 5 heteroatoms. The summed E-state index contributed by atoms with van der Waals surface area (Å²) >= 11 is 0. The fraction of sp³-hybridized carbons (Fsp3) is 1.00. The van der Waals surface area contributed by atoms with E-state index in [1.165, 1.54) is 0 Å². The molecule has 1 unspecified atom stereocenters. The summed E-state index contributed by atoms with van der Waals surface area (Å²) < 4.78 is 0. The third kappa shape index (κ3) is 7.74. The van der Waals surface area contributed by atoms with Gasteiger partial charge in [-0.25, -0.2) is 0 Å². The zero-order chi connectivity index (χ0) is 16.4. The van der Waals surface area contributed by atoms with Gasteiger partial charge in [0.1, 0.15) is 5.79 Å². The van der Waals surface area contributed by atoms with Crippen LogP contribution in [0.3, 0.4) is 0 Å². The smallest absolute Gasteiger partial charge is 0.133 e. The lowest BCUT2D eigenvalue weighted by Crippen LogP contribution is -2.80. The summed E-state index contributed by atoms with van der Waals surface area (Å²) in [6.45, 7) is 22.1. The minimum atomic E-state index is -0.323. The molecule has 0 heterocycles. The quantitative estimate of drug-likeness (QED) is 0.453. The second-order valence-electron chi connectivity index (χ2n) is 8.92. The van der Waals surface area contributed by atoms with Crippen molar-refractivity contribution in [1.29, 1.82) is 0 Å². The summed E-state index contributed by atoms with van der Waals surface area (Å²) in [5, 5.41) is 11.2. The van der Waals surface area contributed by atoms with Gasteiger partial charge < -0.3 is 10.3 Å². The first kappa shape index (κ1) is 20.1. The molecular weight excluding hydrogens is 264 g/mol. The Morgan fingerprint density at radius 2 is 1.05 bits per heavy atom. The van der Waals surface area contributed by atoms with Gasteiger partial charge in [-0.1, -0.05) is 0 Å². The number of rotatable bonds is 5. The van der Waals surface area contributed by atoms with E-state index in [1.54, 1.807) is 0 Å². The first-order valence-electron chi connectivity index (χ1n) is 7.65. The van der Waals surface area contributed by atoms with Crippen LogP contribution in [-0.2, 0) is 0 Å². The third-order valence-electron chi connectivity index (χ3n) is 2.84. The molecule has 0 aromatic carbocycles. The molecular formula is C15H38N4Si. The Balaban J connectivity index is 5.40. The van der Waals surface area contributed by atoms with Crippen LogP contribution in [0.1, 0.15) is 69.2 Å². The van der Waals surface area contributed by atoms with Crippen molar-refractivity contribution < 1.29 is 0 Å². The fourth-order valence-electron chi connectivity index (χ4n) is 2.53. The van der Waals surface area contributed by atoms with Gasteiger partial charge in [-0.3, -0.25) is 10.6 Å². The van der Waals surface area contributed by atoms with Crippen LogP contribution in [0.25, 0.3) is 0 Å². The molecule has 0 amide bonds. The van der Waals surface area contributed by atoms with Crippen LogP contribution < -0.4 is 20.9 Å². The van der Waals surface area contributed by atoms with E-state index in [2.05, 4.69) is 90.2 Å². The molecule has 4 nitrogen and oxygen atoms in total. The summed E-state index contributed by atoms with van der Waals surface area (Å²) in [4.78, 5) is 3.61. The lowest BCUT2D eigenvalue weighted by molar-refractivity contribution is 0.0881. The van der Waals surface area contributed by atoms with E-state index >= 15 is 0 Å². The van der Waals surface area contributed by atoms with E-state index in [9.17, 15) is 0 Å². The van der Waals surface area contributed by atoms with Gasteiger partial charge in [-0.15, -0.1) is 0 Å². The van der Waals surface area contributed by atoms with Crippen molar-refractivity contribution in [3.63, 3.8) is 0 Å². The Labute approximate surface area is 129 Å². The predicted octanol–water partition coefficient (Wildman–Crippen LogP) is 1.06. The fourth-order valence-corrected chi connectivity index (χ4v) is 3.21. The van der Waals surface area contributed by atoms with Gasteiger partial charge >= 0.3 is 0 Å². The Kier molecular flexibility index (Phi) is 6.46. The molecule has 1 atom stereocenters. The van der Waals surface area contributed by atoms with Gasteiger partial charge in [-0.2, -0.15) is 0 Å². The van der Waals surface area contributed by atoms with E-state index < -0.39 is 0 Å². The molecule has 0 aromatic rings. The molecule has 122 valence electrons. The van der Waals surface area contributed by atoms with E-state index in [4.69, 9.17) is 0 Å². The van der Waals surface area contributed by atoms with Gasteiger partial charge in [0, 0.05) is 22.7 Å². The van der Waals surface area contributed by atoms with Gasteiger partial charge in [-0.05, 0) is 69.2 Å². The van der Waals surface area contributed by atoms with Gasteiger partial charge in [0.2, 0.25) is 0 Å². The Hall–Kier alpha value is 0.0569. The first-order chi connectivity index (χ1) is 8.60. The highest BCUT2D eigenvalue weighted by molar-refractivity contribution is 6.04. The Bertz CT molecular complexity index is 280. The third-order valence-corrected chi connectivity index (χ3v) is 3.63. The molecule has 0 aliphatic carbocycles. The molecule has 4 N–H and O–H groups in total. The summed E-state index contributed by atoms with van der Waals surface area (Å²) in [6.07, 6.45) is 0. The maximum Gasteiger partial charge on any atom is 0.133 e. The highest BCUT2D eigenvalue weighted by atomic mass is 28.2. The van der Waals surface area contributed by atoms with Gasteiger partial charge in [0.05, 0.1) is 10.4 Å². The summed E-state index contributed by atoms with van der Waals surface area (Å²) in [6, 6.07) is 0.235. The predicted molar refractivity (Wildman–Crippen MR) is 93.9 cm³/mol. The number of nitrogens with one attached hydrogen (secondary N) is 4. The lowest BCUT2D eigenvalue weighted by atomic mass is 9.97. The molecule has 0 spiro atoms. The van der Waals surface area contributed by atoms with Crippen LogP contribution in [0.5, 0.6) is 0 Å². The maximum atomic E-state index is 3.75. The summed E-state index contributed by atoms with van der Waals surface area (Å²) in [5.74, 6) is -0.323. The molecule has 0 saturated carbocycles. The lowest BCUT2D eigenvalue weighted by Gasteiger charge is -2.50. The SMILES string of the molecule is CC(NC(C)(C)C)C(N[SiH3])(NC(C)(C)C)NC(C)(C)C. The van der Waals surface area contributed by atoms with Crippen molar-refractivity contribution in [2.45, 2.75) is 97.7 Å². The number of hydrogen-bond donors (Lipinski definition) is 4. The van der Waals surface area contributed by atoms with E-state index in [0.717, 1.165) is 10.4 Å². The van der Waals surface area contributed by atoms with Crippen molar-refractivity contribution in [1.82, 2.24) is 20.9 Å². The molecule has 0 fully saturated rings. The standard InChI is InChI=1S/C15H38N4Si/c1-11(16-12(2,3)4)15(19-20,17-13(5,6)7)18-14(8,9)10/h11,16-19H,1-10,20H3. The van der Waals surface area contributed by atoms with Crippen LogP contribution in [-0.4, -0.2) is 38.8 Å². The molecule has 0 radical (unpaired) electrons. The van der Waals surface area contributed by atoms with Gasteiger partial charge in [0.15, 0.2) is 0 Å². The molecule has 0 aliphatic rings. The highest BCUT2D eigenvalue weighted by Gasteiger charge is 2.41. The van der Waals surface area contributed by atoms with E-state index in [0.29, 0.717) is 0 Å². The van der Waals surface area contributed by atoms with E-state index in [1.807, 2.05) is 0 Å².